The van der Waals surface area contributed by atoms with Gasteiger partial charge in [-0.1, -0.05) is 90.2 Å². The molecule has 10 nitrogen and oxygen atoms in total. The number of ether oxygens (including phenoxy) is 4. The van der Waals surface area contributed by atoms with Crippen LogP contribution < -0.4 is 5.73 Å². The Labute approximate surface area is 270 Å². The van der Waals surface area contributed by atoms with Crippen molar-refractivity contribution in [1.82, 2.24) is 0 Å². The average molecular weight is 638 g/mol. The molecule has 10 heteroatoms. The second kappa shape index (κ2) is 19.9. The largest absolute Gasteiger partial charge is 0.462 e. The Morgan fingerprint density at radius 1 is 1.04 bits per heavy atom. The summed E-state index contributed by atoms with van der Waals surface area (Å²) in [6.45, 7) is 18.7. The molecule has 0 unspecified atom stereocenters. The summed E-state index contributed by atoms with van der Waals surface area (Å²) >= 11 is 0. The molecule has 0 saturated carbocycles. The van der Waals surface area contributed by atoms with Crippen LogP contribution in [0.25, 0.3) is 0 Å². The van der Waals surface area contributed by atoms with Crippen LogP contribution in [-0.2, 0) is 23.7 Å². The van der Waals surface area contributed by atoms with Gasteiger partial charge in [0.2, 0.25) is 0 Å². The zero-order valence-electron chi connectivity index (χ0n) is 28.7. The predicted molar refractivity (Wildman–Crippen MR) is 175 cm³/mol. The first-order chi connectivity index (χ1) is 21.0. The standard InChI is InChI=1S/C35H59NO9/c1-11-12-13-22(4)33(45-35(36)41)26(8)31(38)24(6)17-20(2)16-23(5)30(37)21(3)14-15-28(43-19-42-10)18-29-25(7)32(39)27(9)34(40)44-29/h11-16,21-33,37-39H,1,17-19H2,2-10H3,(H2,36,41)/b13-12-,15-14-,20-16-/t21-,22-,23-,24-,25-,26-,27+,28+,29-,30-,31+,32-,33-/m0/s1. The van der Waals surface area contributed by atoms with Crippen molar-refractivity contribution in [3.63, 3.8) is 0 Å². The molecular formula is C35H59NO9. The molecule has 0 aromatic carbocycles. The van der Waals surface area contributed by atoms with E-state index < -0.39 is 54.6 Å². The average Bonchev–Trinajstić information content (AvgIpc) is 2.99. The smallest absolute Gasteiger partial charge is 0.404 e. The maximum atomic E-state index is 12.2. The minimum absolute atomic E-state index is 0.0424. The van der Waals surface area contributed by atoms with Gasteiger partial charge in [-0.05, 0) is 26.2 Å². The number of rotatable bonds is 19. The molecule has 1 heterocycles. The second-order valence-electron chi connectivity index (χ2n) is 13.0. The van der Waals surface area contributed by atoms with Crippen LogP contribution in [0.4, 0.5) is 4.79 Å². The SMILES string of the molecule is C=C/C=C\[C@H](C)[C@H](OC(N)=O)[C@@H](C)[C@H](O)[C@@H](C)C/C(C)=C\[C@H](C)[C@@H](O)[C@@H](C)/C=C\[C@H](C[C@@H]1OC(=O)[C@H](C)[C@@H](O)[C@H]1C)OCOC. The molecule has 1 saturated heterocycles. The van der Waals surface area contributed by atoms with E-state index in [0.29, 0.717) is 12.8 Å². The van der Waals surface area contributed by atoms with Crippen molar-refractivity contribution in [2.24, 2.45) is 47.2 Å². The summed E-state index contributed by atoms with van der Waals surface area (Å²) in [5.41, 5.74) is 6.34. The van der Waals surface area contributed by atoms with Gasteiger partial charge in [0.25, 0.3) is 0 Å². The highest BCUT2D eigenvalue weighted by molar-refractivity contribution is 5.73. The Hall–Kier alpha value is -2.50. The van der Waals surface area contributed by atoms with E-state index in [1.165, 1.54) is 7.11 Å². The monoisotopic (exact) mass is 637 g/mol. The molecule has 1 rings (SSSR count). The van der Waals surface area contributed by atoms with Crippen molar-refractivity contribution in [2.45, 2.75) is 105 Å². The summed E-state index contributed by atoms with van der Waals surface area (Å²) in [7, 11) is 1.52. The van der Waals surface area contributed by atoms with Crippen LogP contribution in [0, 0.1) is 41.4 Å². The second-order valence-corrected chi connectivity index (χ2v) is 13.0. The van der Waals surface area contributed by atoms with Crippen molar-refractivity contribution in [2.75, 3.05) is 13.9 Å². The fourth-order valence-corrected chi connectivity index (χ4v) is 6.07. The lowest BCUT2D eigenvalue weighted by Gasteiger charge is -2.37. The van der Waals surface area contributed by atoms with E-state index in [2.05, 4.69) is 6.58 Å². The minimum Gasteiger partial charge on any atom is -0.462 e. The molecule has 1 aliphatic heterocycles. The summed E-state index contributed by atoms with van der Waals surface area (Å²) in [5, 5.41) is 32.7. The highest BCUT2D eigenvalue weighted by atomic mass is 16.7. The van der Waals surface area contributed by atoms with Gasteiger partial charge in [-0.15, -0.1) is 0 Å². The van der Waals surface area contributed by atoms with Crippen molar-refractivity contribution in [3.8, 4) is 0 Å². The topological polar surface area (TPSA) is 158 Å². The van der Waals surface area contributed by atoms with Gasteiger partial charge < -0.3 is 40.0 Å². The normalized spacial score (nSPS) is 27.2. The van der Waals surface area contributed by atoms with Gasteiger partial charge >= 0.3 is 12.1 Å². The van der Waals surface area contributed by atoms with Gasteiger partial charge in [0.1, 0.15) is 19.0 Å². The number of methoxy groups -OCH3 is 1. The van der Waals surface area contributed by atoms with Crippen molar-refractivity contribution in [3.05, 3.63) is 48.6 Å². The Kier molecular flexibility index (Phi) is 17.9. The number of allylic oxidation sites excluding steroid dienone is 3. The summed E-state index contributed by atoms with van der Waals surface area (Å²) in [6, 6.07) is 0. The van der Waals surface area contributed by atoms with E-state index >= 15 is 0 Å². The third-order valence-electron chi connectivity index (χ3n) is 9.00. The molecule has 0 aliphatic carbocycles. The fraction of sp³-hybridized carbons (Fsp3) is 0.714. The molecule has 0 aromatic heterocycles. The van der Waals surface area contributed by atoms with Crippen molar-refractivity contribution in [1.29, 1.82) is 0 Å². The van der Waals surface area contributed by atoms with Crippen LogP contribution >= 0.6 is 0 Å². The molecule has 0 bridgehead atoms. The number of hydrogen-bond acceptors (Lipinski definition) is 9. The predicted octanol–water partition coefficient (Wildman–Crippen LogP) is 4.93. The van der Waals surface area contributed by atoms with Crippen LogP contribution in [0.1, 0.15) is 68.2 Å². The molecule has 0 radical (unpaired) electrons. The Morgan fingerprint density at radius 3 is 2.27 bits per heavy atom. The molecule has 258 valence electrons. The Balaban J connectivity index is 2.89. The number of hydrogen-bond donors (Lipinski definition) is 4. The maximum absolute atomic E-state index is 12.2. The minimum atomic E-state index is -0.885. The number of primary amides is 1. The molecular weight excluding hydrogens is 578 g/mol. The number of carbonyl (C=O) groups excluding carboxylic acids is 2. The number of amides is 1. The van der Waals surface area contributed by atoms with Gasteiger partial charge in [-0.2, -0.15) is 0 Å². The first-order valence-corrected chi connectivity index (χ1v) is 16.0. The van der Waals surface area contributed by atoms with Crippen LogP contribution in [0.15, 0.2) is 48.6 Å². The molecule has 1 aliphatic rings. The first kappa shape index (κ1) is 40.5. The zero-order chi connectivity index (χ0) is 34.4. The van der Waals surface area contributed by atoms with E-state index in [1.807, 2.05) is 72.8 Å². The highest BCUT2D eigenvalue weighted by Gasteiger charge is 2.41. The van der Waals surface area contributed by atoms with Gasteiger partial charge in [0.15, 0.2) is 0 Å². The summed E-state index contributed by atoms with van der Waals surface area (Å²) in [4.78, 5) is 23.8. The molecule has 0 aromatic rings. The molecule has 1 fully saturated rings. The van der Waals surface area contributed by atoms with E-state index in [4.69, 9.17) is 24.7 Å². The summed E-state index contributed by atoms with van der Waals surface area (Å²) < 4.78 is 21.9. The molecule has 13 atom stereocenters. The lowest BCUT2D eigenvalue weighted by Crippen LogP contribution is -2.47. The van der Waals surface area contributed by atoms with Gasteiger partial charge in [0.05, 0.1) is 30.3 Å². The first-order valence-electron chi connectivity index (χ1n) is 16.0. The van der Waals surface area contributed by atoms with E-state index in [9.17, 15) is 24.9 Å². The van der Waals surface area contributed by atoms with Crippen molar-refractivity contribution < 1.29 is 43.9 Å². The number of esters is 1. The van der Waals surface area contributed by atoms with E-state index in [1.54, 1.807) is 19.1 Å². The molecule has 0 spiro atoms. The number of cyclic esters (lactones) is 1. The van der Waals surface area contributed by atoms with Crippen LogP contribution in [-0.4, -0.2) is 77.9 Å². The van der Waals surface area contributed by atoms with Crippen molar-refractivity contribution >= 4 is 12.1 Å². The number of nitrogens with two attached hydrogens (primary N) is 1. The third kappa shape index (κ3) is 13.0. The summed E-state index contributed by atoms with van der Waals surface area (Å²) in [5.74, 6) is -2.37. The lowest BCUT2D eigenvalue weighted by atomic mass is 9.81. The maximum Gasteiger partial charge on any atom is 0.404 e. The molecule has 45 heavy (non-hydrogen) atoms. The number of carbonyl (C=O) groups is 2. The van der Waals surface area contributed by atoms with E-state index in [0.717, 1.165) is 5.57 Å². The number of aliphatic hydroxyl groups is 3. The lowest BCUT2D eigenvalue weighted by molar-refractivity contribution is -0.181. The van der Waals surface area contributed by atoms with E-state index in [-0.39, 0.29) is 42.3 Å². The highest BCUT2D eigenvalue weighted by Crippen LogP contribution is 2.31. The quantitative estimate of drug-likeness (QED) is 0.0667. The van der Waals surface area contributed by atoms with Crippen LogP contribution in [0.2, 0.25) is 0 Å². The Morgan fingerprint density at radius 2 is 1.69 bits per heavy atom. The van der Waals surface area contributed by atoms with Gasteiger partial charge in [-0.3, -0.25) is 4.79 Å². The van der Waals surface area contributed by atoms with Crippen LogP contribution in [0.3, 0.4) is 0 Å². The zero-order valence-corrected chi connectivity index (χ0v) is 28.7. The van der Waals surface area contributed by atoms with Gasteiger partial charge in [-0.25, -0.2) is 4.79 Å². The molecule has 5 N–H and O–H groups in total. The third-order valence-corrected chi connectivity index (χ3v) is 9.00. The Bertz CT molecular complexity index is 1010. The summed E-state index contributed by atoms with van der Waals surface area (Å²) in [6.07, 6.45) is 7.24. The van der Waals surface area contributed by atoms with Gasteiger partial charge in [0, 0.05) is 43.1 Å². The fourth-order valence-electron chi connectivity index (χ4n) is 6.07. The van der Waals surface area contributed by atoms with Crippen LogP contribution in [0.5, 0.6) is 0 Å². The number of aliphatic hydroxyl groups excluding tert-OH is 3. The molecule has 1 amide bonds.